The molecule has 1 saturated heterocycles. The number of aliphatic hydroxyl groups excluding tert-OH is 1. The Hall–Kier alpha value is -4.37. The van der Waals surface area contributed by atoms with E-state index in [0.29, 0.717) is 45.6 Å². The Kier molecular flexibility index (Phi) is 6.77. The summed E-state index contributed by atoms with van der Waals surface area (Å²) in [6.45, 7) is 4.34. The maximum Gasteiger partial charge on any atom is 0.301 e. The van der Waals surface area contributed by atoms with Gasteiger partial charge in [-0.05, 0) is 38.1 Å². The number of benzene rings is 3. The lowest BCUT2D eigenvalue weighted by atomic mass is 9.94. The van der Waals surface area contributed by atoms with Crippen LogP contribution in [0, 0.1) is 6.92 Å². The van der Waals surface area contributed by atoms with Crippen LogP contribution >= 0.6 is 11.3 Å². The summed E-state index contributed by atoms with van der Waals surface area (Å²) >= 11 is 1.26. The minimum Gasteiger partial charge on any atom is -0.507 e. The Balaban J connectivity index is 1.75. The van der Waals surface area contributed by atoms with Crippen LogP contribution in [0.4, 0.5) is 5.13 Å². The second-order valence-electron chi connectivity index (χ2n) is 8.68. The predicted octanol–water partition coefficient (Wildman–Crippen LogP) is 5.65. The van der Waals surface area contributed by atoms with Crippen LogP contribution in [0.25, 0.3) is 16.0 Å². The topological polar surface area (TPSA) is 98.2 Å². The minimum atomic E-state index is -1.01. The molecule has 1 amide bonds. The molecule has 38 heavy (non-hydrogen) atoms. The van der Waals surface area contributed by atoms with Gasteiger partial charge in [0.05, 0.1) is 36.6 Å². The van der Waals surface area contributed by atoms with Gasteiger partial charge in [0.2, 0.25) is 0 Å². The molecule has 1 atom stereocenters. The van der Waals surface area contributed by atoms with Gasteiger partial charge in [-0.2, -0.15) is 0 Å². The van der Waals surface area contributed by atoms with Gasteiger partial charge in [-0.3, -0.25) is 14.5 Å². The molecule has 4 aromatic rings. The molecule has 0 saturated carbocycles. The first kappa shape index (κ1) is 25.3. The molecule has 9 heteroatoms. The zero-order valence-corrected chi connectivity index (χ0v) is 22.2. The van der Waals surface area contributed by atoms with Crippen molar-refractivity contribution in [3.05, 3.63) is 82.9 Å². The van der Waals surface area contributed by atoms with Gasteiger partial charge >= 0.3 is 5.91 Å². The number of anilines is 1. The Morgan fingerprint density at radius 1 is 1.05 bits per heavy atom. The zero-order chi connectivity index (χ0) is 27.0. The number of Topliss-reactive ketones (excluding diaryl/α,β-unsaturated/α-hetero) is 1. The maximum atomic E-state index is 13.6. The fourth-order valence-corrected chi connectivity index (χ4v) is 5.59. The molecule has 194 valence electrons. The molecule has 8 nitrogen and oxygen atoms in total. The number of methoxy groups -OCH3 is 2. The van der Waals surface area contributed by atoms with E-state index in [1.807, 2.05) is 44.2 Å². The number of fused-ring (bicyclic) bond motifs is 1. The van der Waals surface area contributed by atoms with E-state index in [2.05, 4.69) is 4.98 Å². The number of para-hydroxylation sites is 1. The average Bonchev–Trinajstić information content (AvgIpc) is 3.45. The van der Waals surface area contributed by atoms with Crippen molar-refractivity contribution in [1.82, 2.24) is 4.98 Å². The fraction of sp³-hybridized carbons (Fsp3) is 0.207. The molecule has 2 heterocycles. The number of aryl methyl sites for hydroxylation is 1. The number of amides is 1. The highest BCUT2D eigenvalue weighted by Crippen LogP contribution is 2.48. The third-order valence-corrected chi connectivity index (χ3v) is 7.38. The van der Waals surface area contributed by atoms with E-state index in [9.17, 15) is 14.7 Å². The Morgan fingerprint density at radius 2 is 1.82 bits per heavy atom. The highest BCUT2D eigenvalue weighted by atomic mass is 32.1. The summed E-state index contributed by atoms with van der Waals surface area (Å²) in [5.41, 5.74) is 2.50. The number of aromatic nitrogens is 1. The summed E-state index contributed by atoms with van der Waals surface area (Å²) in [7, 11) is 2.99. The number of rotatable bonds is 7. The van der Waals surface area contributed by atoms with Crippen LogP contribution in [0.15, 0.2) is 66.2 Å². The lowest BCUT2D eigenvalue weighted by molar-refractivity contribution is -0.132. The summed E-state index contributed by atoms with van der Waals surface area (Å²) in [5, 5.41) is 11.7. The monoisotopic (exact) mass is 530 g/mol. The van der Waals surface area contributed by atoms with E-state index in [1.54, 1.807) is 30.3 Å². The maximum absolute atomic E-state index is 13.6. The number of hydrogen-bond donors (Lipinski definition) is 1. The summed E-state index contributed by atoms with van der Waals surface area (Å²) in [6, 6.07) is 16.8. The van der Waals surface area contributed by atoms with Crippen LogP contribution < -0.4 is 19.1 Å². The molecular weight excluding hydrogens is 504 g/mol. The van der Waals surface area contributed by atoms with E-state index in [-0.39, 0.29) is 11.3 Å². The molecule has 0 aliphatic carbocycles. The number of ether oxygens (including phenoxy) is 3. The van der Waals surface area contributed by atoms with Crippen LogP contribution in [0.3, 0.4) is 0 Å². The molecule has 1 N–H and O–H groups in total. The molecule has 0 radical (unpaired) electrons. The quantitative estimate of drug-likeness (QED) is 0.187. The number of aliphatic hydroxyl groups is 1. The number of carbonyl (C=O) groups is 2. The molecule has 0 unspecified atom stereocenters. The van der Waals surface area contributed by atoms with Crippen molar-refractivity contribution in [3.63, 3.8) is 0 Å². The number of thiazole rings is 1. The van der Waals surface area contributed by atoms with Gasteiger partial charge < -0.3 is 19.3 Å². The summed E-state index contributed by atoms with van der Waals surface area (Å²) in [5.74, 6) is -0.425. The molecule has 1 aliphatic rings. The molecule has 3 aromatic carbocycles. The van der Waals surface area contributed by atoms with Crippen LogP contribution in [-0.2, 0) is 9.59 Å². The van der Waals surface area contributed by atoms with Crippen molar-refractivity contribution in [3.8, 4) is 17.2 Å². The smallest absolute Gasteiger partial charge is 0.301 e. The van der Waals surface area contributed by atoms with Crippen LogP contribution in [-0.4, -0.2) is 42.6 Å². The van der Waals surface area contributed by atoms with Gasteiger partial charge in [-0.25, -0.2) is 4.98 Å². The van der Waals surface area contributed by atoms with E-state index in [0.717, 1.165) is 10.3 Å². The Bertz CT molecular complexity index is 1570. The van der Waals surface area contributed by atoms with Gasteiger partial charge in [0.1, 0.15) is 17.6 Å². The molecule has 0 bridgehead atoms. The second kappa shape index (κ2) is 10.2. The summed E-state index contributed by atoms with van der Waals surface area (Å²) < 4.78 is 17.6. The van der Waals surface area contributed by atoms with Crippen LogP contribution in [0.5, 0.6) is 17.2 Å². The average molecular weight is 531 g/mol. The number of ketones is 1. The molecule has 5 rings (SSSR count). The summed E-state index contributed by atoms with van der Waals surface area (Å²) in [6.07, 6.45) is 0. The first-order valence-electron chi connectivity index (χ1n) is 12.0. The Labute approximate surface area is 223 Å². The first-order chi connectivity index (χ1) is 18.4. The lowest BCUT2D eigenvalue weighted by Crippen LogP contribution is -2.29. The predicted molar refractivity (Wildman–Crippen MR) is 146 cm³/mol. The highest BCUT2D eigenvalue weighted by molar-refractivity contribution is 7.22. The third-order valence-electron chi connectivity index (χ3n) is 6.36. The van der Waals surface area contributed by atoms with Gasteiger partial charge in [-0.1, -0.05) is 53.3 Å². The van der Waals surface area contributed by atoms with Gasteiger partial charge in [0.25, 0.3) is 5.78 Å². The van der Waals surface area contributed by atoms with E-state index in [1.165, 1.54) is 30.5 Å². The fourth-order valence-electron chi connectivity index (χ4n) is 4.57. The van der Waals surface area contributed by atoms with Crippen LogP contribution in [0.1, 0.15) is 29.7 Å². The van der Waals surface area contributed by atoms with Crippen molar-refractivity contribution in [2.24, 2.45) is 0 Å². The Morgan fingerprint density at radius 3 is 2.50 bits per heavy atom. The summed E-state index contributed by atoms with van der Waals surface area (Å²) in [4.78, 5) is 33.1. The van der Waals surface area contributed by atoms with Crippen molar-refractivity contribution in [1.29, 1.82) is 0 Å². The van der Waals surface area contributed by atoms with E-state index >= 15 is 0 Å². The molecule has 1 fully saturated rings. The molecule has 0 spiro atoms. The van der Waals surface area contributed by atoms with E-state index < -0.39 is 17.7 Å². The zero-order valence-electron chi connectivity index (χ0n) is 21.3. The molecule has 1 aromatic heterocycles. The molecular formula is C29H26N2O6S. The van der Waals surface area contributed by atoms with E-state index in [4.69, 9.17) is 14.2 Å². The second-order valence-corrected chi connectivity index (χ2v) is 9.69. The molecule has 1 aliphatic heterocycles. The van der Waals surface area contributed by atoms with Gasteiger partial charge in [0, 0.05) is 11.1 Å². The van der Waals surface area contributed by atoms with Crippen molar-refractivity contribution in [2.45, 2.75) is 19.9 Å². The van der Waals surface area contributed by atoms with Crippen molar-refractivity contribution >= 4 is 44.1 Å². The van der Waals surface area contributed by atoms with Gasteiger partial charge in [0.15, 0.2) is 16.6 Å². The lowest BCUT2D eigenvalue weighted by Gasteiger charge is -2.25. The van der Waals surface area contributed by atoms with Crippen molar-refractivity contribution < 1.29 is 28.9 Å². The SMILES string of the molecule is CCOc1ccc2nc(N3C(=O)C(=O)C(=C(O)c4ccc(C)cc4)[C@H]3c3cccc(OC)c3OC)sc2c1. The number of hydrogen-bond acceptors (Lipinski definition) is 8. The van der Waals surface area contributed by atoms with Gasteiger partial charge in [-0.15, -0.1) is 0 Å². The normalized spacial score (nSPS) is 16.7. The first-order valence-corrected chi connectivity index (χ1v) is 12.8. The number of carbonyl (C=O) groups excluding carboxylic acids is 2. The van der Waals surface area contributed by atoms with Crippen molar-refractivity contribution in [2.75, 3.05) is 25.7 Å². The third kappa shape index (κ3) is 4.24. The standard InChI is InChI=1S/C29H26N2O6S/c1-5-37-18-13-14-20-22(15-18)38-29(30-20)31-24(19-7-6-8-21(35-3)27(19)36-4)23(26(33)28(31)34)25(32)17-11-9-16(2)10-12-17/h6-15,24,32H,5H2,1-4H3/t24-/m1/s1. The number of nitrogens with zero attached hydrogens (tertiary/aromatic N) is 2. The highest BCUT2D eigenvalue weighted by Gasteiger charge is 2.49. The van der Waals surface area contributed by atoms with Crippen LogP contribution in [0.2, 0.25) is 0 Å². The largest absolute Gasteiger partial charge is 0.507 e. The minimum absolute atomic E-state index is 0.0559.